The van der Waals surface area contributed by atoms with E-state index in [4.69, 9.17) is 4.74 Å². The smallest absolute Gasteiger partial charge is 0.227 e. The van der Waals surface area contributed by atoms with Crippen LogP contribution in [0.15, 0.2) is 30.5 Å². The number of aromatic nitrogens is 2. The lowest BCUT2D eigenvalue weighted by molar-refractivity contribution is -0.117. The van der Waals surface area contributed by atoms with Gasteiger partial charge in [0.15, 0.2) is 0 Å². The Morgan fingerprint density at radius 2 is 2.04 bits per heavy atom. The van der Waals surface area contributed by atoms with Crippen molar-refractivity contribution in [2.45, 2.75) is 32.1 Å². The minimum absolute atomic E-state index is 0.115. The van der Waals surface area contributed by atoms with Gasteiger partial charge in [-0.2, -0.15) is 5.10 Å². The molecule has 2 aliphatic rings. The summed E-state index contributed by atoms with van der Waals surface area (Å²) >= 11 is 0. The highest BCUT2D eigenvalue weighted by atomic mass is 16.5. The second kappa shape index (κ2) is 8.13. The van der Waals surface area contributed by atoms with E-state index in [0.29, 0.717) is 6.61 Å². The van der Waals surface area contributed by atoms with Gasteiger partial charge in [-0.15, -0.1) is 0 Å². The van der Waals surface area contributed by atoms with Crippen molar-refractivity contribution >= 4 is 11.6 Å². The topological polar surface area (TPSA) is 59.4 Å². The summed E-state index contributed by atoms with van der Waals surface area (Å²) in [6.45, 7) is 3.96. The standard InChI is InChI=1S/C21H28N4O2/c1-24-19(9-10-22-24)18-15-17(23-21(26)16-5-6-16)7-8-20(18)27-14-13-25-11-3-2-4-12-25/h7-10,15-16H,2-6,11-14H2,1H3,(H,23,26). The van der Waals surface area contributed by atoms with Crippen molar-refractivity contribution in [2.75, 3.05) is 31.6 Å². The lowest BCUT2D eigenvalue weighted by Crippen LogP contribution is -2.33. The number of piperidine rings is 1. The van der Waals surface area contributed by atoms with Gasteiger partial charge < -0.3 is 10.1 Å². The Morgan fingerprint density at radius 3 is 2.74 bits per heavy atom. The van der Waals surface area contributed by atoms with Gasteiger partial charge in [0.1, 0.15) is 12.4 Å². The molecule has 2 aromatic rings. The van der Waals surface area contributed by atoms with Crippen LogP contribution in [0.5, 0.6) is 5.75 Å². The average molecular weight is 368 g/mol. The molecule has 6 heteroatoms. The Bertz CT molecular complexity index is 791. The second-order valence-corrected chi connectivity index (χ2v) is 7.57. The number of hydrogen-bond acceptors (Lipinski definition) is 4. The first-order chi connectivity index (χ1) is 13.2. The number of hydrogen-bond donors (Lipinski definition) is 1. The first-order valence-electron chi connectivity index (χ1n) is 9.99. The molecular weight excluding hydrogens is 340 g/mol. The Morgan fingerprint density at radius 1 is 1.22 bits per heavy atom. The third kappa shape index (κ3) is 4.50. The molecule has 1 aliphatic heterocycles. The van der Waals surface area contributed by atoms with Gasteiger partial charge in [0.25, 0.3) is 0 Å². The molecule has 1 aliphatic carbocycles. The number of anilines is 1. The van der Waals surface area contributed by atoms with Crippen LogP contribution in [0.4, 0.5) is 5.69 Å². The molecule has 0 bridgehead atoms. The summed E-state index contributed by atoms with van der Waals surface area (Å²) in [6.07, 6.45) is 7.69. The molecule has 1 saturated heterocycles. The molecule has 0 spiro atoms. The number of rotatable bonds is 7. The van der Waals surface area contributed by atoms with Crippen molar-refractivity contribution in [1.82, 2.24) is 14.7 Å². The van der Waals surface area contributed by atoms with Crippen molar-refractivity contribution in [3.63, 3.8) is 0 Å². The number of carbonyl (C=O) groups is 1. The zero-order valence-electron chi connectivity index (χ0n) is 16.0. The first kappa shape index (κ1) is 18.0. The van der Waals surface area contributed by atoms with Crippen molar-refractivity contribution in [3.8, 4) is 17.0 Å². The second-order valence-electron chi connectivity index (χ2n) is 7.57. The number of nitrogens with zero attached hydrogens (tertiary/aromatic N) is 3. The fourth-order valence-corrected chi connectivity index (χ4v) is 3.63. The van der Waals surface area contributed by atoms with Gasteiger partial charge in [0.2, 0.25) is 5.91 Å². The highest BCUT2D eigenvalue weighted by molar-refractivity contribution is 5.94. The highest BCUT2D eigenvalue weighted by Crippen LogP contribution is 2.34. The van der Waals surface area contributed by atoms with Crippen LogP contribution in [-0.2, 0) is 11.8 Å². The Balaban J connectivity index is 1.48. The van der Waals surface area contributed by atoms with E-state index in [0.717, 1.165) is 42.1 Å². The third-order valence-electron chi connectivity index (χ3n) is 5.41. The van der Waals surface area contributed by atoms with Crippen LogP contribution in [-0.4, -0.2) is 46.8 Å². The zero-order chi connectivity index (χ0) is 18.6. The lowest BCUT2D eigenvalue weighted by atomic mass is 10.1. The molecule has 0 atom stereocenters. The van der Waals surface area contributed by atoms with Crippen LogP contribution < -0.4 is 10.1 Å². The van der Waals surface area contributed by atoms with Crippen LogP contribution in [0, 0.1) is 5.92 Å². The average Bonchev–Trinajstić information content (AvgIpc) is 3.45. The summed E-state index contributed by atoms with van der Waals surface area (Å²) in [5, 5.41) is 7.31. The summed E-state index contributed by atoms with van der Waals surface area (Å²) in [7, 11) is 1.92. The van der Waals surface area contributed by atoms with Gasteiger partial charge >= 0.3 is 0 Å². The normalized spacial score (nSPS) is 17.7. The van der Waals surface area contributed by atoms with Gasteiger partial charge in [-0.1, -0.05) is 6.42 Å². The molecule has 1 N–H and O–H groups in total. The molecule has 1 aromatic carbocycles. The monoisotopic (exact) mass is 368 g/mol. The van der Waals surface area contributed by atoms with Gasteiger partial charge in [0.05, 0.1) is 5.69 Å². The summed E-state index contributed by atoms with van der Waals surface area (Å²) in [5.74, 6) is 1.13. The highest BCUT2D eigenvalue weighted by Gasteiger charge is 2.29. The van der Waals surface area contributed by atoms with Crippen LogP contribution in [0.2, 0.25) is 0 Å². The van der Waals surface area contributed by atoms with E-state index < -0.39 is 0 Å². The maximum atomic E-state index is 12.1. The van der Waals surface area contributed by atoms with E-state index in [1.54, 1.807) is 6.20 Å². The van der Waals surface area contributed by atoms with Crippen LogP contribution in [0.3, 0.4) is 0 Å². The molecular formula is C21H28N4O2. The quantitative estimate of drug-likeness (QED) is 0.815. The summed E-state index contributed by atoms with van der Waals surface area (Å²) in [5.41, 5.74) is 2.75. The molecule has 144 valence electrons. The fourth-order valence-electron chi connectivity index (χ4n) is 3.63. The number of amides is 1. The van der Waals surface area contributed by atoms with Crippen LogP contribution in [0.1, 0.15) is 32.1 Å². The number of ether oxygens (including phenoxy) is 1. The van der Waals surface area contributed by atoms with E-state index >= 15 is 0 Å². The summed E-state index contributed by atoms with van der Waals surface area (Å²) in [6, 6.07) is 7.85. The number of benzene rings is 1. The van der Waals surface area contributed by atoms with E-state index in [9.17, 15) is 4.79 Å². The number of carbonyl (C=O) groups excluding carboxylic acids is 1. The predicted molar refractivity (Wildman–Crippen MR) is 106 cm³/mol. The molecule has 1 saturated carbocycles. The van der Waals surface area contributed by atoms with Gasteiger partial charge in [-0.05, 0) is 63.0 Å². The third-order valence-corrected chi connectivity index (χ3v) is 5.41. The number of nitrogens with one attached hydrogen (secondary N) is 1. The van der Waals surface area contributed by atoms with Gasteiger partial charge in [-0.3, -0.25) is 14.4 Å². The van der Waals surface area contributed by atoms with Gasteiger partial charge in [-0.25, -0.2) is 0 Å². The SMILES string of the molecule is Cn1nccc1-c1cc(NC(=O)C2CC2)ccc1OCCN1CCCCC1. The van der Waals surface area contributed by atoms with Gasteiger partial charge in [0, 0.05) is 37.0 Å². The van der Waals surface area contributed by atoms with Crippen molar-refractivity contribution < 1.29 is 9.53 Å². The van der Waals surface area contributed by atoms with Crippen molar-refractivity contribution in [2.24, 2.45) is 13.0 Å². The first-order valence-corrected chi connectivity index (χ1v) is 9.99. The maximum Gasteiger partial charge on any atom is 0.227 e. The fraction of sp³-hybridized carbons (Fsp3) is 0.524. The van der Waals surface area contributed by atoms with E-state index in [1.165, 1.54) is 32.4 Å². The molecule has 1 amide bonds. The summed E-state index contributed by atoms with van der Waals surface area (Å²) in [4.78, 5) is 14.6. The van der Waals surface area contributed by atoms with E-state index in [-0.39, 0.29) is 11.8 Å². The predicted octanol–water partition coefficient (Wildman–Crippen LogP) is 3.30. The minimum atomic E-state index is 0.115. The molecule has 27 heavy (non-hydrogen) atoms. The summed E-state index contributed by atoms with van der Waals surface area (Å²) < 4.78 is 7.98. The van der Waals surface area contributed by atoms with Crippen molar-refractivity contribution in [1.29, 1.82) is 0 Å². The van der Waals surface area contributed by atoms with Crippen molar-refractivity contribution in [3.05, 3.63) is 30.5 Å². The lowest BCUT2D eigenvalue weighted by Gasteiger charge is -2.26. The van der Waals surface area contributed by atoms with E-state index in [1.807, 2.05) is 36.0 Å². The molecule has 1 aromatic heterocycles. The largest absolute Gasteiger partial charge is 0.492 e. The Hall–Kier alpha value is -2.34. The molecule has 2 heterocycles. The molecule has 2 fully saturated rings. The number of aryl methyl sites for hydroxylation is 1. The molecule has 0 unspecified atom stereocenters. The van der Waals surface area contributed by atoms with E-state index in [2.05, 4.69) is 15.3 Å². The zero-order valence-corrected chi connectivity index (χ0v) is 16.0. The molecule has 4 rings (SSSR count). The Labute approximate surface area is 160 Å². The minimum Gasteiger partial charge on any atom is -0.492 e. The van der Waals surface area contributed by atoms with Crippen LogP contribution in [0.25, 0.3) is 11.3 Å². The molecule has 0 radical (unpaired) electrons. The Kier molecular flexibility index (Phi) is 5.43. The number of likely N-dealkylation sites (tertiary alicyclic amines) is 1. The molecule has 6 nitrogen and oxygen atoms in total. The van der Waals surface area contributed by atoms with Crippen LogP contribution >= 0.6 is 0 Å². The maximum absolute atomic E-state index is 12.1.